The van der Waals surface area contributed by atoms with E-state index in [0.717, 1.165) is 12.0 Å². The van der Waals surface area contributed by atoms with Gasteiger partial charge in [-0.1, -0.05) is 12.1 Å². The fraction of sp³-hybridized carbons (Fsp3) is 0.261. The van der Waals surface area contributed by atoms with Gasteiger partial charge in [-0.15, -0.1) is 0 Å². The maximum Gasteiger partial charge on any atom is 0.340 e. The summed E-state index contributed by atoms with van der Waals surface area (Å²) in [6, 6.07) is 7.22. The van der Waals surface area contributed by atoms with Crippen LogP contribution in [0.4, 0.5) is 5.69 Å². The highest BCUT2D eigenvalue weighted by atomic mass is 16.5. The maximum atomic E-state index is 13.0. The number of ketones is 1. The number of nitrogens with zero attached hydrogens (tertiary/aromatic N) is 1. The molecular formula is C23H21N3O4. The van der Waals surface area contributed by atoms with Crippen LogP contribution in [0.25, 0.3) is 6.08 Å². The average Bonchev–Trinajstić information content (AvgIpc) is 3.18. The summed E-state index contributed by atoms with van der Waals surface area (Å²) < 4.78 is 4.97. The lowest BCUT2D eigenvalue weighted by Crippen LogP contribution is -2.33. The number of anilines is 1. The van der Waals surface area contributed by atoms with Gasteiger partial charge in [-0.25, -0.2) is 4.79 Å². The Morgan fingerprint density at radius 3 is 2.73 bits per heavy atom. The van der Waals surface area contributed by atoms with Gasteiger partial charge < -0.3 is 20.4 Å². The quantitative estimate of drug-likeness (QED) is 0.466. The molecule has 1 spiro atoms. The number of fused-ring (bicyclic) bond motifs is 1. The topological polar surface area (TPSA) is 105 Å². The molecule has 5 rings (SSSR count). The molecule has 152 valence electrons. The number of H-pyrrole nitrogens is 1. The molecule has 30 heavy (non-hydrogen) atoms. The number of carbonyl (C=O) groups excluding carboxylic acids is 3. The molecule has 0 bridgehead atoms. The summed E-state index contributed by atoms with van der Waals surface area (Å²) in [5.41, 5.74) is 9.59. The van der Waals surface area contributed by atoms with E-state index >= 15 is 0 Å². The fourth-order valence-corrected chi connectivity index (χ4v) is 4.95. The van der Waals surface area contributed by atoms with E-state index in [1.54, 1.807) is 36.1 Å². The lowest BCUT2D eigenvalue weighted by atomic mass is 9.82. The number of aromatic amines is 1. The van der Waals surface area contributed by atoms with Crippen molar-refractivity contribution in [3.8, 4) is 0 Å². The van der Waals surface area contributed by atoms with Gasteiger partial charge in [0.15, 0.2) is 0 Å². The highest BCUT2D eigenvalue weighted by molar-refractivity contribution is 6.11. The van der Waals surface area contributed by atoms with Gasteiger partial charge in [0.05, 0.1) is 18.4 Å². The molecule has 7 heteroatoms. The minimum atomic E-state index is -0.470. The summed E-state index contributed by atoms with van der Waals surface area (Å²) in [7, 11) is 1.33. The van der Waals surface area contributed by atoms with Gasteiger partial charge in [-0.3, -0.25) is 9.59 Å². The predicted octanol–water partition coefficient (Wildman–Crippen LogP) is 2.59. The van der Waals surface area contributed by atoms with Crippen molar-refractivity contribution in [3.63, 3.8) is 0 Å². The largest absolute Gasteiger partial charge is 0.465 e. The van der Waals surface area contributed by atoms with Gasteiger partial charge in [-0.2, -0.15) is 0 Å². The number of nitrogens with one attached hydrogen (secondary N) is 1. The SMILES string of the molecule is COC(=O)c1c(C)[nH]c2c1[C@@]13C[C@@H]1CN(C(=O)/C=C/c1ccc(N)cc1)C3=CC2=O. The van der Waals surface area contributed by atoms with Crippen LogP contribution in [0.15, 0.2) is 42.1 Å². The molecule has 1 amide bonds. The van der Waals surface area contributed by atoms with Gasteiger partial charge in [0.1, 0.15) is 0 Å². The number of ether oxygens (including phenoxy) is 1. The number of methoxy groups -OCH3 is 1. The standard InChI is InChI=1S/C23H21N3O4/c1-12-19(22(29)30-2)20-21(25-12)16(27)9-17-23(20)10-14(23)11-26(17)18(28)8-5-13-3-6-15(24)7-4-13/h3-9,14,25H,10-11,24H2,1-2H3/b8-5+/t14-,23+/m1/s1. The summed E-state index contributed by atoms with van der Waals surface area (Å²) in [6.07, 6.45) is 5.59. The number of hydrogen-bond donors (Lipinski definition) is 2. The number of aromatic nitrogens is 1. The molecule has 2 aromatic rings. The first-order valence-corrected chi connectivity index (χ1v) is 9.79. The minimum Gasteiger partial charge on any atom is -0.465 e. The molecule has 3 aliphatic rings. The highest BCUT2D eigenvalue weighted by Crippen LogP contribution is 2.67. The first-order chi connectivity index (χ1) is 14.4. The smallest absolute Gasteiger partial charge is 0.340 e. The minimum absolute atomic E-state index is 0.183. The number of carbonyl (C=O) groups is 3. The summed E-state index contributed by atoms with van der Waals surface area (Å²) in [6.45, 7) is 2.28. The van der Waals surface area contributed by atoms with Crippen LogP contribution < -0.4 is 5.73 Å². The van der Waals surface area contributed by atoms with Crippen LogP contribution in [0.2, 0.25) is 0 Å². The Morgan fingerprint density at radius 2 is 2.03 bits per heavy atom. The number of likely N-dealkylation sites (tertiary alicyclic amines) is 1. The highest BCUT2D eigenvalue weighted by Gasteiger charge is 2.68. The van der Waals surface area contributed by atoms with E-state index in [2.05, 4.69) is 4.98 Å². The molecular weight excluding hydrogens is 382 g/mol. The zero-order valence-corrected chi connectivity index (χ0v) is 16.7. The molecule has 1 aliphatic heterocycles. The molecule has 0 radical (unpaired) electrons. The van der Waals surface area contributed by atoms with Crippen molar-refractivity contribution < 1.29 is 19.1 Å². The summed E-state index contributed by atoms with van der Waals surface area (Å²) in [4.78, 5) is 43.0. The zero-order chi connectivity index (χ0) is 21.2. The number of nitrogen functional groups attached to an aromatic ring is 1. The molecule has 2 heterocycles. The number of benzene rings is 1. The van der Waals surface area contributed by atoms with Crippen LogP contribution in [0.3, 0.4) is 0 Å². The van der Waals surface area contributed by atoms with Crippen molar-refractivity contribution in [2.45, 2.75) is 18.8 Å². The fourth-order valence-electron chi connectivity index (χ4n) is 4.95. The Bertz CT molecular complexity index is 1170. The van der Waals surface area contributed by atoms with Gasteiger partial charge >= 0.3 is 5.97 Å². The first kappa shape index (κ1) is 18.4. The average molecular weight is 403 g/mol. The zero-order valence-electron chi connectivity index (χ0n) is 16.7. The Labute approximate surface area is 173 Å². The van der Waals surface area contributed by atoms with Crippen LogP contribution in [-0.2, 0) is 14.9 Å². The van der Waals surface area contributed by atoms with Crippen LogP contribution in [0.1, 0.15) is 44.1 Å². The number of rotatable bonds is 3. The van der Waals surface area contributed by atoms with Crippen molar-refractivity contribution >= 4 is 29.4 Å². The summed E-state index contributed by atoms with van der Waals surface area (Å²) >= 11 is 0. The monoisotopic (exact) mass is 403 g/mol. The van der Waals surface area contributed by atoms with Crippen LogP contribution in [-0.4, -0.2) is 41.2 Å². The Morgan fingerprint density at radius 1 is 1.30 bits per heavy atom. The van der Waals surface area contributed by atoms with Crippen LogP contribution >= 0.6 is 0 Å². The maximum absolute atomic E-state index is 13.0. The molecule has 1 aromatic carbocycles. The van der Waals surface area contributed by atoms with E-state index in [1.807, 2.05) is 12.1 Å². The second-order valence-electron chi connectivity index (χ2n) is 8.08. The number of nitrogens with two attached hydrogens (primary N) is 1. The molecule has 7 nitrogen and oxygen atoms in total. The molecule has 2 fully saturated rings. The second-order valence-corrected chi connectivity index (χ2v) is 8.08. The number of aryl methyl sites for hydroxylation is 1. The molecule has 2 aliphatic carbocycles. The Balaban J connectivity index is 1.50. The summed E-state index contributed by atoms with van der Waals surface area (Å²) in [5.74, 6) is -0.695. The second kappa shape index (κ2) is 6.19. The van der Waals surface area contributed by atoms with Gasteiger partial charge in [-0.05, 0) is 43.0 Å². The van der Waals surface area contributed by atoms with E-state index in [-0.39, 0.29) is 17.6 Å². The first-order valence-electron chi connectivity index (χ1n) is 9.79. The lowest BCUT2D eigenvalue weighted by Gasteiger charge is -2.27. The van der Waals surface area contributed by atoms with Crippen molar-refractivity contribution in [3.05, 3.63) is 70.2 Å². The van der Waals surface area contributed by atoms with E-state index in [0.29, 0.717) is 40.4 Å². The van der Waals surface area contributed by atoms with Crippen molar-refractivity contribution in [1.82, 2.24) is 9.88 Å². The van der Waals surface area contributed by atoms with E-state index in [4.69, 9.17) is 10.5 Å². The molecule has 0 unspecified atom stereocenters. The van der Waals surface area contributed by atoms with Crippen molar-refractivity contribution in [2.24, 2.45) is 5.92 Å². The van der Waals surface area contributed by atoms with E-state index in [1.165, 1.54) is 13.2 Å². The summed E-state index contributed by atoms with van der Waals surface area (Å²) in [5, 5.41) is 0. The third kappa shape index (κ3) is 2.41. The van der Waals surface area contributed by atoms with Gasteiger partial charge in [0.2, 0.25) is 5.78 Å². The molecule has 1 saturated heterocycles. The Hall–Kier alpha value is -3.61. The predicted molar refractivity (Wildman–Crippen MR) is 111 cm³/mol. The van der Waals surface area contributed by atoms with Gasteiger partial charge in [0.25, 0.3) is 5.91 Å². The Kier molecular flexibility index (Phi) is 3.80. The number of amides is 1. The number of piperidine rings is 1. The number of esters is 1. The van der Waals surface area contributed by atoms with Crippen molar-refractivity contribution in [1.29, 1.82) is 0 Å². The normalized spacial score (nSPS) is 23.7. The molecule has 3 N–H and O–H groups in total. The van der Waals surface area contributed by atoms with E-state index in [9.17, 15) is 14.4 Å². The molecule has 1 aromatic heterocycles. The third-order valence-electron chi connectivity index (χ3n) is 6.41. The number of hydrogen-bond acceptors (Lipinski definition) is 5. The van der Waals surface area contributed by atoms with Crippen LogP contribution in [0.5, 0.6) is 0 Å². The lowest BCUT2D eigenvalue weighted by molar-refractivity contribution is -0.123. The van der Waals surface area contributed by atoms with Crippen LogP contribution in [0, 0.1) is 12.8 Å². The van der Waals surface area contributed by atoms with Crippen molar-refractivity contribution in [2.75, 3.05) is 19.4 Å². The molecule has 2 atom stereocenters. The van der Waals surface area contributed by atoms with Gasteiger partial charge in [0, 0.05) is 46.8 Å². The van der Waals surface area contributed by atoms with E-state index < -0.39 is 11.4 Å². The number of allylic oxidation sites excluding steroid dienone is 2. The molecule has 1 saturated carbocycles. The third-order valence-corrected chi connectivity index (χ3v) is 6.41.